The van der Waals surface area contributed by atoms with Crippen LogP contribution in [0.5, 0.6) is 11.5 Å². The molecule has 0 saturated heterocycles. The first-order valence-electron chi connectivity index (χ1n) is 6.52. The smallest absolute Gasteiger partial charge is 0.136 e. The van der Waals surface area contributed by atoms with E-state index in [0.29, 0.717) is 0 Å². The highest BCUT2D eigenvalue weighted by molar-refractivity contribution is 5.96. The number of nitrogens with zero attached hydrogens (tertiary/aromatic N) is 1. The van der Waals surface area contributed by atoms with E-state index in [1.165, 1.54) is 11.1 Å². The van der Waals surface area contributed by atoms with Crippen LogP contribution in [0, 0.1) is 13.8 Å². The number of hydrogen-bond acceptors (Lipinski definition) is 3. The Labute approximate surface area is 118 Å². The third kappa shape index (κ3) is 2.18. The second-order valence-electron chi connectivity index (χ2n) is 4.92. The van der Waals surface area contributed by atoms with E-state index in [2.05, 4.69) is 24.9 Å². The fourth-order valence-corrected chi connectivity index (χ4v) is 2.18. The lowest BCUT2D eigenvalue weighted by Gasteiger charge is -2.11. The number of aryl methyl sites for hydroxylation is 2. The van der Waals surface area contributed by atoms with E-state index in [1.54, 1.807) is 12.4 Å². The third-order valence-corrected chi connectivity index (χ3v) is 3.52. The zero-order valence-electron chi connectivity index (χ0n) is 11.6. The minimum atomic E-state index is 0.731. The normalized spacial score (nSPS) is 10.7. The number of anilines is 1. The largest absolute Gasteiger partial charge is 0.457 e. The van der Waals surface area contributed by atoms with Crippen molar-refractivity contribution in [1.82, 2.24) is 4.98 Å². The van der Waals surface area contributed by atoms with Gasteiger partial charge in [-0.1, -0.05) is 6.07 Å². The number of ether oxygens (including phenoxy) is 1. The number of rotatable bonds is 2. The van der Waals surface area contributed by atoms with Gasteiger partial charge < -0.3 is 10.5 Å². The Balaban J connectivity index is 2.06. The highest BCUT2D eigenvalue weighted by Gasteiger charge is 2.07. The van der Waals surface area contributed by atoms with Crippen LogP contribution in [-0.2, 0) is 0 Å². The molecule has 0 amide bonds. The molecule has 0 unspecified atom stereocenters. The quantitative estimate of drug-likeness (QED) is 0.705. The Kier molecular flexibility index (Phi) is 3.03. The van der Waals surface area contributed by atoms with Gasteiger partial charge >= 0.3 is 0 Å². The van der Waals surface area contributed by atoms with Gasteiger partial charge in [0.25, 0.3) is 0 Å². The van der Waals surface area contributed by atoms with Crippen molar-refractivity contribution in [3.05, 3.63) is 59.9 Å². The van der Waals surface area contributed by atoms with Gasteiger partial charge in [0.2, 0.25) is 0 Å². The minimum Gasteiger partial charge on any atom is -0.457 e. The molecule has 2 N–H and O–H groups in total. The van der Waals surface area contributed by atoms with Crippen LogP contribution in [0.3, 0.4) is 0 Å². The van der Waals surface area contributed by atoms with Crippen molar-refractivity contribution >= 4 is 16.5 Å². The van der Waals surface area contributed by atoms with Gasteiger partial charge in [0.15, 0.2) is 0 Å². The molecular weight excluding hydrogens is 248 g/mol. The van der Waals surface area contributed by atoms with Gasteiger partial charge in [-0.05, 0) is 55.3 Å². The van der Waals surface area contributed by atoms with Crippen molar-refractivity contribution in [3.8, 4) is 11.5 Å². The van der Waals surface area contributed by atoms with E-state index in [1.807, 2.05) is 30.3 Å². The number of nitrogens with two attached hydrogens (primary N) is 1. The van der Waals surface area contributed by atoms with E-state index in [0.717, 1.165) is 28.0 Å². The standard InChI is InChI=1S/C17H16N2O/c1-11-3-4-13(9-12(11)2)20-17-6-5-16(18)14-7-8-19-10-15(14)17/h3-10H,18H2,1-2H3. The molecule has 100 valence electrons. The molecule has 1 aromatic heterocycles. The van der Waals surface area contributed by atoms with Gasteiger partial charge in [-0.3, -0.25) is 4.98 Å². The maximum Gasteiger partial charge on any atom is 0.136 e. The second kappa shape index (κ2) is 4.85. The van der Waals surface area contributed by atoms with Crippen LogP contribution in [0.4, 0.5) is 5.69 Å². The summed E-state index contributed by atoms with van der Waals surface area (Å²) >= 11 is 0. The second-order valence-corrected chi connectivity index (χ2v) is 4.92. The summed E-state index contributed by atoms with van der Waals surface area (Å²) in [6, 6.07) is 11.7. The number of hydrogen-bond donors (Lipinski definition) is 1. The molecule has 3 rings (SSSR count). The molecule has 0 spiro atoms. The number of aromatic nitrogens is 1. The van der Waals surface area contributed by atoms with Gasteiger partial charge in [-0.25, -0.2) is 0 Å². The van der Waals surface area contributed by atoms with Gasteiger partial charge in [-0.2, -0.15) is 0 Å². The lowest BCUT2D eigenvalue weighted by Crippen LogP contribution is -1.92. The molecule has 0 fully saturated rings. The number of benzene rings is 2. The van der Waals surface area contributed by atoms with E-state index < -0.39 is 0 Å². The average Bonchev–Trinajstić information content (AvgIpc) is 2.46. The SMILES string of the molecule is Cc1ccc(Oc2ccc(N)c3ccncc23)cc1C. The van der Waals surface area contributed by atoms with Crippen LogP contribution >= 0.6 is 0 Å². The first-order chi connectivity index (χ1) is 9.65. The van der Waals surface area contributed by atoms with E-state index in [4.69, 9.17) is 10.5 Å². The van der Waals surface area contributed by atoms with E-state index in [-0.39, 0.29) is 0 Å². The fraction of sp³-hybridized carbons (Fsp3) is 0.118. The summed E-state index contributed by atoms with van der Waals surface area (Å²) in [5, 5.41) is 1.88. The van der Waals surface area contributed by atoms with Crippen LogP contribution in [0.15, 0.2) is 48.8 Å². The maximum absolute atomic E-state index is 5.99. The van der Waals surface area contributed by atoms with Crippen molar-refractivity contribution in [2.45, 2.75) is 13.8 Å². The van der Waals surface area contributed by atoms with Crippen molar-refractivity contribution in [2.24, 2.45) is 0 Å². The lowest BCUT2D eigenvalue weighted by molar-refractivity contribution is 0.487. The van der Waals surface area contributed by atoms with Gasteiger partial charge in [0, 0.05) is 28.9 Å². The molecule has 0 aliphatic rings. The van der Waals surface area contributed by atoms with Crippen LogP contribution in [-0.4, -0.2) is 4.98 Å². The van der Waals surface area contributed by atoms with Crippen LogP contribution in [0.25, 0.3) is 10.8 Å². The molecule has 2 aromatic carbocycles. The van der Waals surface area contributed by atoms with Crippen LogP contribution in [0.2, 0.25) is 0 Å². The van der Waals surface area contributed by atoms with Gasteiger partial charge in [0.05, 0.1) is 0 Å². The molecule has 3 heteroatoms. The molecule has 0 aliphatic carbocycles. The molecular formula is C17H16N2O. The molecule has 0 aliphatic heterocycles. The Hall–Kier alpha value is -2.55. The topological polar surface area (TPSA) is 48.1 Å². The number of nitrogen functional groups attached to an aromatic ring is 1. The van der Waals surface area contributed by atoms with Crippen molar-refractivity contribution < 1.29 is 4.74 Å². The monoisotopic (exact) mass is 264 g/mol. The zero-order valence-corrected chi connectivity index (χ0v) is 11.6. The van der Waals surface area contributed by atoms with Gasteiger partial charge in [0.1, 0.15) is 11.5 Å². The van der Waals surface area contributed by atoms with E-state index in [9.17, 15) is 0 Å². The Morgan fingerprint density at radius 2 is 1.80 bits per heavy atom. The first kappa shape index (κ1) is 12.5. The highest BCUT2D eigenvalue weighted by atomic mass is 16.5. The summed E-state index contributed by atoms with van der Waals surface area (Å²) in [6.07, 6.45) is 3.51. The third-order valence-electron chi connectivity index (χ3n) is 3.52. The zero-order chi connectivity index (χ0) is 14.1. The molecule has 20 heavy (non-hydrogen) atoms. The Bertz CT molecular complexity index is 781. The average molecular weight is 264 g/mol. The summed E-state index contributed by atoms with van der Waals surface area (Å²) < 4.78 is 5.99. The molecule has 3 nitrogen and oxygen atoms in total. The minimum absolute atomic E-state index is 0.731. The predicted octanol–water partition coefficient (Wildman–Crippen LogP) is 4.23. The first-order valence-corrected chi connectivity index (χ1v) is 6.52. The van der Waals surface area contributed by atoms with Gasteiger partial charge in [-0.15, -0.1) is 0 Å². The summed E-state index contributed by atoms with van der Waals surface area (Å²) in [5.41, 5.74) is 9.17. The number of fused-ring (bicyclic) bond motifs is 1. The van der Waals surface area contributed by atoms with Crippen molar-refractivity contribution in [3.63, 3.8) is 0 Å². The molecule has 1 heterocycles. The van der Waals surface area contributed by atoms with Crippen molar-refractivity contribution in [2.75, 3.05) is 5.73 Å². The lowest BCUT2D eigenvalue weighted by atomic mass is 10.1. The summed E-state index contributed by atoms with van der Waals surface area (Å²) in [7, 11) is 0. The molecule has 0 radical (unpaired) electrons. The maximum atomic E-state index is 5.99. The van der Waals surface area contributed by atoms with Crippen LogP contribution in [0.1, 0.15) is 11.1 Å². The summed E-state index contributed by atoms with van der Waals surface area (Å²) in [5.74, 6) is 1.59. The Morgan fingerprint density at radius 3 is 2.60 bits per heavy atom. The number of pyridine rings is 1. The highest BCUT2D eigenvalue weighted by Crippen LogP contribution is 2.33. The predicted molar refractivity (Wildman–Crippen MR) is 82.1 cm³/mol. The Morgan fingerprint density at radius 1 is 0.950 bits per heavy atom. The van der Waals surface area contributed by atoms with Crippen LogP contribution < -0.4 is 10.5 Å². The molecule has 0 atom stereocenters. The molecule has 0 bridgehead atoms. The summed E-state index contributed by atoms with van der Waals surface area (Å²) in [4.78, 5) is 4.15. The molecule has 0 saturated carbocycles. The molecule has 3 aromatic rings. The fourth-order valence-electron chi connectivity index (χ4n) is 2.18. The van der Waals surface area contributed by atoms with E-state index >= 15 is 0 Å². The summed E-state index contributed by atoms with van der Waals surface area (Å²) in [6.45, 7) is 4.16. The van der Waals surface area contributed by atoms with Crippen molar-refractivity contribution in [1.29, 1.82) is 0 Å².